The Bertz CT molecular complexity index is 909. The van der Waals surface area contributed by atoms with Crippen LogP contribution >= 0.6 is 0 Å². The summed E-state index contributed by atoms with van der Waals surface area (Å²) in [7, 11) is 1.76. The molecule has 0 aliphatic heterocycles. The summed E-state index contributed by atoms with van der Waals surface area (Å²) in [5, 5.41) is 0. The molecule has 116 valence electrons. The maximum Gasteiger partial charge on any atom is 0.276 e. The van der Waals surface area contributed by atoms with Gasteiger partial charge in [0.25, 0.3) is 5.56 Å². The van der Waals surface area contributed by atoms with Crippen molar-refractivity contribution >= 4 is 23.2 Å². The Balaban J connectivity index is 1.94. The average Bonchev–Trinajstić information content (AvgIpc) is 2.58. The molecule has 0 radical (unpaired) electrons. The van der Waals surface area contributed by atoms with Gasteiger partial charge in [0.1, 0.15) is 11.4 Å². The lowest BCUT2D eigenvalue weighted by atomic mass is 10.2. The summed E-state index contributed by atoms with van der Waals surface area (Å²) in [5.41, 5.74) is 2.95. The van der Waals surface area contributed by atoms with Gasteiger partial charge in [-0.15, -0.1) is 0 Å². The summed E-state index contributed by atoms with van der Waals surface area (Å²) in [4.78, 5) is 16.8. The van der Waals surface area contributed by atoms with Crippen LogP contribution in [0.15, 0.2) is 53.3 Å². The molecule has 0 unspecified atom stereocenters. The van der Waals surface area contributed by atoms with Crippen molar-refractivity contribution < 1.29 is 4.74 Å². The minimum atomic E-state index is -0.106. The van der Waals surface area contributed by atoms with Crippen LogP contribution in [0.2, 0.25) is 0 Å². The number of fused-ring (bicyclic) bond motifs is 1. The summed E-state index contributed by atoms with van der Waals surface area (Å²) < 4.78 is 7.04. The molecule has 4 nitrogen and oxygen atoms in total. The summed E-state index contributed by atoms with van der Waals surface area (Å²) in [6, 6.07) is 15.3. The fourth-order valence-corrected chi connectivity index (χ4v) is 2.43. The second-order valence-corrected chi connectivity index (χ2v) is 5.19. The molecule has 0 spiro atoms. The van der Waals surface area contributed by atoms with E-state index in [1.54, 1.807) is 17.7 Å². The molecule has 3 rings (SSSR count). The van der Waals surface area contributed by atoms with E-state index in [1.165, 1.54) is 0 Å². The number of para-hydroxylation sites is 2. The van der Waals surface area contributed by atoms with E-state index in [1.807, 2.05) is 61.5 Å². The first kappa shape index (κ1) is 15.0. The third kappa shape index (κ3) is 3.16. The van der Waals surface area contributed by atoms with E-state index in [9.17, 15) is 4.79 Å². The van der Waals surface area contributed by atoms with Crippen molar-refractivity contribution in [2.24, 2.45) is 7.05 Å². The Morgan fingerprint density at radius 3 is 2.57 bits per heavy atom. The van der Waals surface area contributed by atoms with Gasteiger partial charge < -0.3 is 9.30 Å². The van der Waals surface area contributed by atoms with Gasteiger partial charge in [-0.3, -0.25) is 4.79 Å². The predicted octanol–water partition coefficient (Wildman–Crippen LogP) is 3.50. The highest BCUT2D eigenvalue weighted by molar-refractivity contribution is 5.77. The van der Waals surface area contributed by atoms with Crippen LogP contribution in [0, 0.1) is 0 Å². The third-order valence-electron chi connectivity index (χ3n) is 3.63. The Morgan fingerprint density at radius 2 is 1.83 bits per heavy atom. The smallest absolute Gasteiger partial charge is 0.276 e. The van der Waals surface area contributed by atoms with Crippen LogP contribution in [0.25, 0.3) is 23.2 Å². The second-order valence-electron chi connectivity index (χ2n) is 5.19. The zero-order valence-corrected chi connectivity index (χ0v) is 13.2. The molecule has 0 N–H and O–H groups in total. The SMILES string of the molecule is CCOc1ccc(/C=C/c2nc3ccccc3n(C)c2=O)cc1. The third-order valence-corrected chi connectivity index (χ3v) is 3.63. The van der Waals surface area contributed by atoms with Crippen molar-refractivity contribution in [3.05, 3.63) is 70.1 Å². The van der Waals surface area contributed by atoms with Crippen molar-refractivity contribution in [1.29, 1.82) is 0 Å². The molecule has 1 aromatic heterocycles. The van der Waals surface area contributed by atoms with Crippen LogP contribution in [0.5, 0.6) is 5.75 Å². The number of aryl methyl sites for hydroxylation is 1. The van der Waals surface area contributed by atoms with E-state index >= 15 is 0 Å². The van der Waals surface area contributed by atoms with Gasteiger partial charge in [0, 0.05) is 7.05 Å². The van der Waals surface area contributed by atoms with Gasteiger partial charge in [0.2, 0.25) is 0 Å². The highest BCUT2D eigenvalue weighted by atomic mass is 16.5. The lowest BCUT2D eigenvalue weighted by Crippen LogP contribution is -2.21. The van der Waals surface area contributed by atoms with Crippen molar-refractivity contribution in [3.8, 4) is 5.75 Å². The van der Waals surface area contributed by atoms with E-state index in [-0.39, 0.29) is 5.56 Å². The van der Waals surface area contributed by atoms with Gasteiger partial charge in [0.05, 0.1) is 17.6 Å². The standard InChI is InChI=1S/C19H18N2O2/c1-3-23-15-11-8-14(9-12-15)10-13-17-19(22)21(2)18-7-5-4-6-16(18)20-17/h4-13H,3H2,1-2H3/b13-10+. The molecule has 2 aromatic carbocycles. The van der Waals surface area contributed by atoms with Crippen molar-refractivity contribution in [3.63, 3.8) is 0 Å². The van der Waals surface area contributed by atoms with E-state index in [0.717, 1.165) is 22.3 Å². The monoisotopic (exact) mass is 306 g/mol. The first-order valence-corrected chi connectivity index (χ1v) is 7.56. The van der Waals surface area contributed by atoms with Crippen LogP contribution < -0.4 is 10.3 Å². The normalized spacial score (nSPS) is 11.2. The Kier molecular flexibility index (Phi) is 4.24. The second kappa shape index (κ2) is 6.48. The summed E-state index contributed by atoms with van der Waals surface area (Å²) >= 11 is 0. The molecule has 4 heteroatoms. The van der Waals surface area contributed by atoms with Gasteiger partial charge in [-0.1, -0.05) is 30.3 Å². The maximum atomic E-state index is 12.4. The minimum Gasteiger partial charge on any atom is -0.494 e. The Morgan fingerprint density at radius 1 is 1.09 bits per heavy atom. The van der Waals surface area contributed by atoms with Crippen LogP contribution in [0.1, 0.15) is 18.2 Å². The minimum absolute atomic E-state index is 0.106. The Hall–Kier alpha value is -2.88. The van der Waals surface area contributed by atoms with Crippen LogP contribution in [-0.4, -0.2) is 16.2 Å². The maximum absolute atomic E-state index is 12.4. The van der Waals surface area contributed by atoms with Gasteiger partial charge >= 0.3 is 0 Å². The zero-order valence-electron chi connectivity index (χ0n) is 13.2. The van der Waals surface area contributed by atoms with Crippen molar-refractivity contribution in [2.75, 3.05) is 6.61 Å². The fourth-order valence-electron chi connectivity index (χ4n) is 2.43. The molecule has 0 amide bonds. The molecule has 0 saturated carbocycles. The molecule has 0 aliphatic rings. The number of hydrogen-bond acceptors (Lipinski definition) is 3. The highest BCUT2D eigenvalue weighted by Crippen LogP contribution is 2.14. The fraction of sp³-hybridized carbons (Fsp3) is 0.158. The first-order chi connectivity index (χ1) is 11.2. The lowest BCUT2D eigenvalue weighted by Gasteiger charge is -2.05. The molecular weight excluding hydrogens is 288 g/mol. The molecule has 0 aliphatic carbocycles. The lowest BCUT2D eigenvalue weighted by molar-refractivity contribution is 0.340. The molecule has 23 heavy (non-hydrogen) atoms. The molecule has 0 fully saturated rings. The molecular formula is C19H18N2O2. The molecule has 3 aromatic rings. The van der Waals surface area contributed by atoms with Crippen molar-refractivity contribution in [1.82, 2.24) is 9.55 Å². The number of nitrogens with zero attached hydrogens (tertiary/aromatic N) is 2. The quantitative estimate of drug-likeness (QED) is 0.741. The van der Waals surface area contributed by atoms with Gasteiger partial charge in [-0.05, 0) is 42.8 Å². The number of benzene rings is 2. The van der Waals surface area contributed by atoms with Gasteiger partial charge in [-0.25, -0.2) is 4.98 Å². The zero-order chi connectivity index (χ0) is 16.2. The Labute approximate surface area is 134 Å². The number of ether oxygens (including phenoxy) is 1. The van der Waals surface area contributed by atoms with Crippen LogP contribution in [-0.2, 0) is 7.05 Å². The summed E-state index contributed by atoms with van der Waals surface area (Å²) in [6.45, 7) is 2.60. The van der Waals surface area contributed by atoms with E-state index in [4.69, 9.17) is 4.74 Å². The van der Waals surface area contributed by atoms with Crippen LogP contribution in [0.4, 0.5) is 0 Å². The largest absolute Gasteiger partial charge is 0.494 e. The molecule has 0 saturated heterocycles. The highest BCUT2D eigenvalue weighted by Gasteiger charge is 2.05. The molecule has 0 atom stereocenters. The van der Waals surface area contributed by atoms with E-state index in [0.29, 0.717) is 12.3 Å². The average molecular weight is 306 g/mol. The first-order valence-electron chi connectivity index (χ1n) is 7.56. The topological polar surface area (TPSA) is 44.1 Å². The summed E-state index contributed by atoms with van der Waals surface area (Å²) in [5.74, 6) is 0.837. The van der Waals surface area contributed by atoms with E-state index in [2.05, 4.69) is 4.98 Å². The molecule has 0 bridgehead atoms. The molecule has 1 heterocycles. The predicted molar refractivity (Wildman–Crippen MR) is 93.5 cm³/mol. The van der Waals surface area contributed by atoms with E-state index < -0.39 is 0 Å². The van der Waals surface area contributed by atoms with Crippen LogP contribution in [0.3, 0.4) is 0 Å². The number of hydrogen-bond donors (Lipinski definition) is 0. The van der Waals surface area contributed by atoms with Gasteiger partial charge in [0.15, 0.2) is 0 Å². The van der Waals surface area contributed by atoms with Gasteiger partial charge in [-0.2, -0.15) is 0 Å². The number of aromatic nitrogens is 2. The number of rotatable bonds is 4. The van der Waals surface area contributed by atoms with Crippen molar-refractivity contribution in [2.45, 2.75) is 6.92 Å². The summed E-state index contributed by atoms with van der Waals surface area (Å²) in [6.07, 6.45) is 3.64.